The first kappa shape index (κ1) is 14.8. The van der Waals surface area contributed by atoms with Gasteiger partial charge in [-0.2, -0.15) is 0 Å². The number of carboxylic acid groups (broad SMARTS) is 1. The van der Waals surface area contributed by atoms with Crippen molar-refractivity contribution < 1.29 is 14.6 Å². The van der Waals surface area contributed by atoms with E-state index in [1.807, 2.05) is 24.5 Å². The standard InChI is InChI=1S/C16H17NO4/c1-10-7-14(18)8-11(2)17(10)13-5-4-6-15(9-13)21-12(3)16(19)20/h4-9,12H,1-3H3,(H,19,20). The van der Waals surface area contributed by atoms with E-state index in [-0.39, 0.29) is 5.43 Å². The Morgan fingerprint density at radius 1 is 1.19 bits per heavy atom. The van der Waals surface area contributed by atoms with Crippen LogP contribution < -0.4 is 10.2 Å². The third kappa shape index (κ3) is 3.31. The second kappa shape index (κ2) is 5.83. The molecular weight excluding hydrogens is 270 g/mol. The van der Waals surface area contributed by atoms with E-state index >= 15 is 0 Å². The summed E-state index contributed by atoms with van der Waals surface area (Å²) in [4.78, 5) is 22.3. The summed E-state index contributed by atoms with van der Waals surface area (Å²) in [5.41, 5.74) is 2.40. The summed E-state index contributed by atoms with van der Waals surface area (Å²) < 4.78 is 7.28. The maximum Gasteiger partial charge on any atom is 0.344 e. The van der Waals surface area contributed by atoms with Gasteiger partial charge in [0.25, 0.3) is 0 Å². The van der Waals surface area contributed by atoms with Gasteiger partial charge in [0.05, 0.1) is 0 Å². The fraction of sp³-hybridized carbons (Fsp3) is 0.250. The van der Waals surface area contributed by atoms with Crippen LogP contribution in [0.3, 0.4) is 0 Å². The fourth-order valence-electron chi connectivity index (χ4n) is 2.22. The van der Waals surface area contributed by atoms with E-state index in [0.29, 0.717) is 5.75 Å². The molecule has 0 amide bonds. The van der Waals surface area contributed by atoms with Gasteiger partial charge in [-0.15, -0.1) is 0 Å². The molecule has 0 aliphatic carbocycles. The van der Waals surface area contributed by atoms with Crippen molar-refractivity contribution in [2.45, 2.75) is 26.9 Å². The summed E-state index contributed by atoms with van der Waals surface area (Å²) in [7, 11) is 0. The molecular formula is C16H17NO4. The molecule has 0 saturated carbocycles. The SMILES string of the molecule is Cc1cc(=O)cc(C)n1-c1cccc(OC(C)C(=O)O)c1. The number of nitrogens with zero attached hydrogens (tertiary/aromatic N) is 1. The molecule has 2 aromatic rings. The molecule has 1 N–H and O–H groups in total. The van der Waals surface area contributed by atoms with Crippen LogP contribution in [0.2, 0.25) is 0 Å². The fourth-order valence-corrected chi connectivity index (χ4v) is 2.22. The van der Waals surface area contributed by atoms with Crippen molar-refractivity contribution in [3.8, 4) is 11.4 Å². The van der Waals surface area contributed by atoms with Crippen molar-refractivity contribution in [3.05, 3.63) is 58.0 Å². The van der Waals surface area contributed by atoms with Crippen LogP contribution in [0.15, 0.2) is 41.2 Å². The van der Waals surface area contributed by atoms with Gasteiger partial charge in [-0.25, -0.2) is 4.79 Å². The highest BCUT2D eigenvalue weighted by Crippen LogP contribution is 2.20. The number of hydrogen-bond donors (Lipinski definition) is 1. The first-order valence-electron chi connectivity index (χ1n) is 6.58. The minimum absolute atomic E-state index is 0.0341. The van der Waals surface area contributed by atoms with Gasteiger partial charge in [-0.1, -0.05) is 6.07 Å². The lowest BCUT2D eigenvalue weighted by atomic mass is 10.2. The molecule has 5 nitrogen and oxygen atoms in total. The molecule has 0 aliphatic heterocycles. The van der Waals surface area contributed by atoms with Crippen molar-refractivity contribution >= 4 is 5.97 Å². The lowest BCUT2D eigenvalue weighted by Crippen LogP contribution is -2.22. The molecule has 0 radical (unpaired) electrons. The molecule has 1 unspecified atom stereocenters. The normalized spacial score (nSPS) is 12.0. The van der Waals surface area contributed by atoms with E-state index in [1.165, 1.54) is 6.92 Å². The first-order valence-corrected chi connectivity index (χ1v) is 6.58. The van der Waals surface area contributed by atoms with Crippen LogP contribution in [-0.4, -0.2) is 21.7 Å². The Labute approximate surface area is 122 Å². The number of pyridine rings is 1. The van der Waals surface area contributed by atoms with Crippen LogP contribution in [0.1, 0.15) is 18.3 Å². The lowest BCUT2D eigenvalue weighted by molar-refractivity contribution is -0.144. The molecule has 5 heteroatoms. The van der Waals surface area contributed by atoms with Gasteiger partial charge < -0.3 is 14.4 Å². The third-order valence-corrected chi connectivity index (χ3v) is 3.14. The summed E-state index contributed by atoms with van der Waals surface area (Å²) >= 11 is 0. The minimum Gasteiger partial charge on any atom is -0.479 e. The third-order valence-electron chi connectivity index (χ3n) is 3.14. The average Bonchev–Trinajstić information content (AvgIpc) is 2.37. The molecule has 21 heavy (non-hydrogen) atoms. The van der Waals surface area contributed by atoms with Crippen molar-refractivity contribution in [3.63, 3.8) is 0 Å². The van der Waals surface area contributed by atoms with Crippen LogP contribution in [0.25, 0.3) is 5.69 Å². The Bertz CT molecular complexity index is 707. The zero-order valence-corrected chi connectivity index (χ0v) is 12.2. The molecule has 0 spiro atoms. The quantitative estimate of drug-likeness (QED) is 0.937. The van der Waals surface area contributed by atoms with Crippen molar-refractivity contribution in [1.82, 2.24) is 4.57 Å². The topological polar surface area (TPSA) is 68.5 Å². The van der Waals surface area contributed by atoms with Crippen LogP contribution in [0, 0.1) is 13.8 Å². The molecule has 2 rings (SSSR count). The van der Waals surface area contributed by atoms with E-state index in [2.05, 4.69) is 0 Å². The number of rotatable bonds is 4. The highest BCUT2D eigenvalue weighted by Gasteiger charge is 2.13. The lowest BCUT2D eigenvalue weighted by Gasteiger charge is -2.16. The minimum atomic E-state index is -1.02. The predicted molar refractivity (Wildman–Crippen MR) is 79.2 cm³/mol. The van der Waals surface area contributed by atoms with Gasteiger partial charge >= 0.3 is 5.97 Å². The highest BCUT2D eigenvalue weighted by molar-refractivity contribution is 5.72. The van der Waals surface area contributed by atoms with E-state index < -0.39 is 12.1 Å². The van der Waals surface area contributed by atoms with E-state index in [0.717, 1.165) is 17.1 Å². The Morgan fingerprint density at radius 2 is 1.81 bits per heavy atom. The molecule has 110 valence electrons. The second-order valence-corrected chi connectivity index (χ2v) is 4.90. The number of benzene rings is 1. The zero-order chi connectivity index (χ0) is 15.6. The number of carbonyl (C=O) groups is 1. The van der Waals surface area contributed by atoms with Crippen LogP contribution >= 0.6 is 0 Å². The number of aryl methyl sites for hydroxylation is 2. The number of carboxylic acids is 1. The van der Waals surface area contributed by atoms with Crippen molar-refractivity contribution in [1.29, 1.82) is 0 Å². The zero-order valence-electron chi connectivity index (χ0n) is 12.2. The molecule has 0 bridgehead atoms. The van der Waals surface area contributed by atoms with Crippen LogP contribution in [0.5, 0.6) is 5.75 Å². The maximum absolute atomic E-state index is 11.5. The highest BCUT2D eigenvalue weighted by atomic mass is 16.5. The van der Waals surface area contributed by atoms with E-state index in [9.17, 15) is 9.59 Å². The van der Waals surface area contributed by atoms with Gasteiger partial charge in [0.1, 0.15) is 5.75 Å². The Kier molecular flexibility index (Phi) is 4.12. The monoisotopic (exact) mass is 287 g/mol. The summed E-state index contributed by atoms with van der Waals surface area (Å²) in [6.45, 7) is 5.18. The van der Waals surface area contributed by atoms with Crippen molar-refractivity contribution in [2.75, 3.05) is 0 Å². The summed E-state index contributed by atoms with van der Waals surface area (Å²) in [5, 5.41) is 8.88. The largest absolute Gasteiger partial charge is 0.479 e. The predicted octanol–water partition coefficient (Wildman–Crippen LogP) is 2.31. The van der Waals surface area contributed by atoms with Crippen LogP contribution in [-0.2, 0) is 4.79 Å². The molecule has 1 aromatic heterocycles. The molecule has 0 fully saturated rings. The summed E-state index contributed by atoms with van der Waals surface area (Å²) in [6.07, 6.45) is -0.920. The number of aliphatic carboxylic acids is 1. The maximum atomic E-state index is 11.5. The van der Waals surface area contributed by atoms with Crippen LogP contribution in [0.4, 0.5) is 0 Å². The van der Waals surface area contributed by atoms with Gasteiger partial charge in [-0.05, 0) is 32.9 Å². The number of ether oxygens (including phenoxy) is 1. The van der Waals surface area contributed by atoms with Crippen molar-refractivity contribution in [2.24, 2.45) is 0 Å². The molecule has 0 aliphatic rings. The molecule has 1 atom stereocenters. The summed E-state index contributed by atoms with van der Waals surface area (Å²) in [5.74, 6) is -0.545. The Hall–Kier alpha value is -2.56. The van der Waals surface area contributed by atoms with E-state index in [1.54, 1.807) is 30.3 Å². The van der Waals surface area contributed by atoms with E-state index in [4.69, 9.17) is 9.84 Å². The average molecular weight is 287 g/mol. The Balaban J connectivity index is 2.43. The second-order valence-electron chi connectivity index (χ2n) is 4.90. The smallest absolute Gasteiger partial charge is 0.344 e. The Morgan fingerprint density at radius 3 is 2.38 bits per heavy atom. The van der Waals surface area contributed by atoms with Gasteiger partial charge in [0.2, 0.25) is 0 Å². The van der Waals surface area contributed by atoms with Gasteiger partial charge in [0.15, 0.2) is 11.5 Å². The molecule has 1 aromatic carbocycles. The molecule has 0 saturated heterocycles. The first-order chi connectivity index (χ1) is 9.88. The number of aromatic nitrogens is 1. The van der Waals surface area contributed by atoms with Gasteiger partial charge in [0, 0.05) is 35.3 Å². The van der Waals surface area contributed by atoms with Gasteiger partial charge in [-0.3, -0.25) is 4.79 Å². The summed E-state index contributed by atoms with van der Waals surface area (Å²) in [6, 6.07) is 10.2. The molecule has 1 heterocycles. The number of hydrogen-bond acceptors (Lipinski definition) is 3.